The van der Waals surface area contributed by atoms with Gasteiger partial charge in [0.15, 0.2) is 0 Å². The molecule has 2 rings (SSSR count). The number of rotatable bonds is 8. The van der Waals surface area contributed by atoms with Crippen LogP contribution in [0, 0.1) is 5.92 Å². The van der Waals surface area contributed by atoms with Crippen molar-refractivity contribution in [2.45, 2.75) is 38.2 Å². The highest BCUT2D eigenvalue weighted by molar-refractivity contribution is 5.15. The maximum Gasteiger partial charge on any atom is 0.0707 e. The molecule has 3 heteroatoms. The molecule has 1 aromatic rings. The summed E-state index contributed by atoms with van der Waals surface area (Å²) in [6.07, 6.45) is 5.79. The average molecular weight is 304 g/mol. The maximum atomic E-state index is 10.3. The molecule has 22 heavy (non-hydrogen) atoms. The molecule has 0 radical (unpaired) electrons. The Morgan fingerprint density at radius 1 is 1.18 bits per heavy atom. The quantitative estimate of drug-likeness (QED) is 0.800. The molecule has 1 heterocycles. The Morgan fingerprint density at radius 2 is 1.86 bits per heavy atom. The van der Waals surface area contributed by atoms with E-state index in [0.717, 1.165) is 32.0 Å². The van der Waals surface area contributed by atoms with Crippen LogP contribution in [-0.4, -0.2) is 61.3 Å². The van der Waals surface area contributed by atoms with E-state index in [2.05, 4.69) is 36.0 Å². The van der Waals surface area contributed by atoms with E-state index in [9.17, 15) is 5.11 Å². The van der Waals surface area contributed by atoms with Gasteiger partial charge in [-0.15, -0.1) is 0 Å². The third kappa shape index (κ3) is 6.47. The highest BCUT2D eigenvalue weighted by Gasteiger charge is 2.20. The first-order valence-corrected chi connectivity index (χ1v) is 8.72. The molecule has 1 atom stereocenters. The molecule has 1 aliphatic heterocycles. The second-order valence-corrected chi connectivity index (χ2v) is 7.03. The van der Waals surface area contributed by atoms with Gasteiger partial charge in [0.25, 0.3) is 0 Å². The van der Waals surface area contributed by atoms with Gasteiger partial charge in [0.2, 0.25) is 0 Å². The normalized spacial score (nSPS) is 18.7. The van der Waals surface area contributed by atoms with Crippen molar-refractivity contribution in [2.75, 3.05) is 40.3 Å². The molecule has 1 saturated heterocycles. The van der Waals surface area contributed by atoms with Crippen LogP contribution in [0.15, 0.2) is 30.3 Å². The van der Waals surface area contributed by atoms with Crippen molar-refractivity contribution in [1.29, 1.82) is 0 Å². The Labute approximate surface area is 135 Å². The zero-order valence-electron chi connectivity index (χ0n) is 14.2. The van der Waals surface area contributed by atoms with Crippen LogP contribution in [0.5, 0.6) is 0 Å². The fraction of sp³-hybridized carbons (Fsp3) is 0.684. The van der Waals surface area contributed by atoms with Gasteiger partial charge in [0.05, 0.1) is 6.10 Å². The van der Waals surface area contributed by atoms with Crippen molar-refractivity contribution in [2.24, 2.45) is 5.92 Å². The number of aliphatic hydroxyl groups is 1. The minimum atomic E-state index is -0.243. The van der Waals surface area contributed by atoms with Gasteiger partial charge in [-0.25, -0.2) is 0 Å². The summed E-state index contributed by atoms with van der Waals surface area (Å²) in [5.74, 6) is 0.891. The molecule has 0 amide bonds. The lowest BCUT2D eigenvalue weighted by molar-refractivity contribution is 0.0875. The maximum absolute atomic E-state index is 10.3. The van der Waals surface area contributed by atoms with Crippen molar-refractivity contribution < 1.29 is 5.11 Å². The van der Waals surface area contributed by atoms with E-state index in [4.69, 9.17) is 0 Å². The first kappa shape index (κ1) is 17.5. The Hall–Kier alpha value is -0.900. The van der Waals surface area contributed by atoms with Crippen LogP contribution in [0.4, 0.5) is 0 Å². The van der Waals surface area contributed by atoms with Crippen LogP contribution in [0.25, 0.3) is 0 Å². The number of β-amino-alcohol motifs (C(OH)–C–C–N with tert-alkyl or cyclic N) is 1. The summed E-state index contributed by atoms with van der Waals surface area (Å²) in [4.78, 5) is 4.71. The molecule has 1 fully saturated rings. The van der Waals surface area contributed by atoms with Gasteiger partial charge in [-0.05, 0) is 77.3 Å². The Balaban J connectivity index is 1.62. The predicted molar refractivity (Wildman–Crippen MR) is 93.1 cm³/mol. The van der Waals surface area contributed by atoms with Gasteiger partial charge in [-0.1, -0.05) is 30.3 Å². The largest absolute Gasteiger partial charge is 0.391 e. The number of aliphatic hydroxyl groups excluding tert-OH is 1. The standard InChI is InChI=1S/C19H32N2O/c1-20(2)12-6-9-17-10-13-21(14-11-17)16-19(22)15-18-7-4-3-5-8-18/h3-5,7-8,17,19,22H,6,9-16H2,1-2H3. The lowest BCUT2D eigenvalue weighted by Crippen LogP contribution is -2.39. The third-order valence-electron chi connectivity index (χ3n) is 4.71. The summed E-state index contributed by atoms with van der Waals surface area (Å²) >= 11 is 0. The van der Waals surface area contributed by atoms with E-state index in [1.54, 1.807) is 0 Å². The number of nitrogens with zero attached hydrogens (tertiary/aromatic N) is 2. The molecule has 3 nitrogen and oxygen atoms in total. The smallest absolute Gasteiger partial charge is 0.0707 e. The molecule has 1 unspecified atom stereocenters. The van der Waals surface area contributed by atoms with Crippen LogP contribution in [0.3, 0.4) is 0 Å². The van der Waals surface area contributed by atoms with Crippen LogP contribution in [0.1, 0.15) is 31.2 Å². The topological polar surface area (TPSA) is 26.7 Å². The van der Waals surface area contributed by atoms with Gasteiger partial charge >= 0.3 is 0 Å². The molecule has 0 bridgehead atoms. The summed E-state index contributed by atoms with van der Waals surface area (Å²) in [6.45, 7) is 4.33. The second kappa shape index (κ2) is 9.29. The van der Waals surface area contributed by atoms with Crippen LogP contribution in [0.2, 0.25) is 0 Å². The summed E-state index contributed by atoms with van der Waals surface area (Å²) in [7, 11) is 4.30. The highest BCUT2D eigenvalue weighted by Crippen LogP contribution is 2.22. The molecule has 1 aliphatic rings. The summed E-state index contributed by atoms with van der Waals surface area (Å²) < 4.78 is 0. The average Bonchev–Trinajstić information content (AvgIpc) is 2.49. The minimum absolute atomic E-state index is 0.243. The van der Waals surface area contributed by atoms with Crippen molar-refractivity contribution in [3.63, 3.8) is 0 Å². The van der Waals surface area contributed by atoms with Crippen LogP contribution in [-0.2, 0) is 6.42 Å². The molecule has 124 valence electrons. The van der Waals surface area contributed by atoms with E-state index in [1.807, 2.05) is 18.2 Å². The fourth-order valence-electron chi connectivity index (χ4n) is 3.40. The molecule has 1 N–H and O–H groups in total. The van der Waals surface area contributed by atoms with Gasteiger partial charge in [-0.3, -0.25) is 0 Å². The lowest BCUT2D eigenvalue weighted by Gasteiger charge is -2.33. The zero-order chi connectivity index (χ0) is 15.8. The van der Waals surface area contributed by atoms with E-state index in [-0.39, 0.29) is 6.10 Å². The van der Waals surface area contributed by atoms with Crippen LogP contribution >= 0.6 is 0 Å². The van der Waals surface area contributed by atoms with E-state index in [1.165, 1.54) is 37.8 Å². The Morgan fingerprint density at radius 3 is 2.50 bits per heavy atom. The van der Waals surface area contributed by atoms with Gasteiger partial charge in [0.1, 0.15) is 0 Å². The van der Waals surface area contributed by atoms with Crippen molar-refractivity contribution in [3.05, 3.63) is 35.9 Å². The molecule has 0 aromatic heterocycles. The fourth-order valence-corrected chi connectivity index (χ4v) is 3.40. The summed E-state index contributed by atoms with van der Waals surface area (Å²) in [5, 5.41) is 10.3. The van der Waals surface area contributed by atoms with Crippen molar-refractivity contribution in [3.8, 4) is 0 Å². The van der Waals surface area contributed by atoms with E-state index in [0.29, 0.717) is 0 Å². The Kier molecular flexibility index (Phi) is 7.37. The number of benzene rings is 1. The number of piperidine rings is 1. The minimum Gasteiger partial charge on any atom is -0.391 e. The predicted octanol–water partition coefficient (Wildman–Crippen LogP) is 2.64. The van der Waals surface area contributed by atoms with E-state index < -0.39 is 0 Å². The molecule has 0 spiro atoms. The van der Waals surface area contributed by atoms with Gasteiger partial charge < -0.3 is 14.9 Å². The highest BCUT2D eigenvalue weighted by atomic mass is 16.3. The molecule has 0 aliphatic carbocycles. The summed E-state index contributed by atoms with van der Waals surface area (Å²) in [5.41, 5.74) is 1.23. The molecule has 1 aromatic carbocycles. The molecular weight excluding hydrogens is 272 g/mol. The van der Waals surface area contributed by atoms with Gasteiger partial charge in [-0.2, -0.15) is 0 Å². The first-order chi connectivity index (χ1) is 10.6. The molecule has 0 saturated carbocycles. The molecular formula is C19H32N2O. The lowest BCUT2D eigenvalue weighted by atomic mass is 9.92. The van der Waals surface area contributed by atoms with Crippen LogP contribution < -0.4 is 0 Å². The summed E-state index contributed by atoms with van der Waals surface area (Å²) in [6, 6.07) is 10.3. The Bertz CT molecular complexity index is 399. The SMILES string of the molecule is CN(C)CCCC1CCN(CC(O)Cc2ccccc2)CC1. The van der Waals surface area contributed by atoms with Crippen molar-refractivity contribution >= 4 is 0 Å². The third-order valence-corrected chi connectivity index (χ3v) is 4.71. The number of hydrogen-bond acceptors (Lipinski definition) is 3. The number of hydrogen-bond donors (Lipinski definition) is 1. The monoisotopic (exact) mass is 304 g/mol. The zero-order valence-corrected chi connectivity index (χ0v) is 14.2. The van der Waals surface area contributed by atoms with Gasteiger partial charge in [0, 0.05) is 6.54 Å². The van der Waals surface area contributed by atoms with E-state index >= 15 is 0 Å². The first-order valence-electron chi connectivity index (χ1n) is 8.72. The second-order valence-electron chi connectivity index (χ2n) is 7.03. The number of likely N-dealkylation sites (tertiary alicyclic amines) is 1. The van der Waals surface area contributed by atoms with Crippen molar-refractivity contribution in [1.82, 2.24) is 9.80 Å².